The van der Waals surface area contributed by atoms with E-state index < -0.39 is 12.0 Å². The van der Waals surface area contributed by atoms with Gasteiger partial charge in [0.25, 0.3) is 0 Å². The second-order valence-corrected chi connectivity index (χ2v) is 5.03. The minimum Gasteiger partial charge on any atom is -0.480 e. The van der Waals surface area contributed by atoms with Crippen LogP contribution in [-0.2, 0) is 17.6 Å². The quantitative estimate of drug-likeness (QED) is 0.568. The lowest BCUT2D eigenvalue weighted by atomic mass is 10.1. The van der Waals surface area contributed by atoms with Crippen molar-refractivity contribution in [2.75, 3.05) is 6.54 Å². The number of nitrogens with zero attached hydrogens (tertiary/aromatic N) is 1. The first-order chi connectivity index (χ1) is 10.1. The van der Waals surface area contributed by atoms with Crippen LogP contribution in [0.2, 0.25) is 0 Å². The number of hydrogen-bond acceptors (Lipinski definition) is 4. The molecule has 0 bridgehead atoms. The van der Waals surface area contributed by atoms with E-state index in [0.717, 1.165) is 11.3 Å². The SMILES string of the molecule is N[C@@H](CN[C@@H](Cc1cnc[nH]1)C(=O)O)Cc1ccccc1. The number of nitrogens with one attached hydrogen (secondary N) is 2. The van der Waals surface area contributed by atoms with Crippen LogP contribution in [0, 0.1) is 0 Å². The lowest BCUT2D eigenvalue weighted by molar-refractivity contribution is -0.139. The van der Waals surface area contributed by atoms with Gasteiger partial charge in [0.2, 0.25) is 0 Å². The zero-order valence-corrected chi connectivity index (χ0v) is 11.7. The molecule has 0 fully saturated rings. The molecule has 0 spiro atoms. The van der Waals surface area contributed by atoms with Gasteiger partial charge in [-0.3, -0.25) is 4.79 Å². The molecule has 0 amide bonds. The second kappa shape index (κ2) is 7.56. The molecule has 1 aromatic carbocycles. The van der Waals surface area contributed by atoms with Gasteiger partial charge in [-0.1, -0.05) is 30.3 Å². The maximum Gasteiger partial charge on any atom is 0.321 e. The second-order valence-electron chi connectivity index (χ2n) is 5.03. The summed E-state index contributed by atoms with van der Waals surface area (Å²) in [6, 6.07) is 9.11. The van der Waals surface area contributed by atoms with Crippen LogP contribution in [-0.4, -0.2) is 39.7 Å². The summed E-state index contributed by atoms with van der Waals surface area (Å²) >= 11 is 0. The van der Waals surface area contributed by atoms with Gasteiger partial charge in [0.15, 0.2) is 0 Å². The molecule has 2 atom stereocenters. The molecule has 2 aromatic rings. The predicted molar refractivity (Wildman–Crippen MR) is 79.8 cm³/mol. The number of carboxylic acids is 1. The third-order valence-corrected chi connectivity index (χ3v) is 3.24. The topological polar surface area (TPSA) is 104 Å². The number of aromatic amines is 1. The molecule has 1 aromatic heterocycles. The zero-order chi connectivity index (χ0) is 15.1. The van der Waals surface area contributed by atoms with Crippen molar-refractivity contribution in [1.29, 1.82) is 0 Å². The fraction of sp³-hybridized carbons (Fsp3) is 0.333. The Kier molecular flexibility index (Phi) is 5.48. The summed E-state index contributed by atoms with van der Waals surface area (Å²) in [5.74, 6) is -0.892. The summed E-state index contributed by atoms with van der Waals surface area (Å²) in [4.78, 5) is 18.0. The number of carbonyl (C=O) groups is 1. The summed E-state index contributed by atoms with van der Waals surface area (Å²) in [6.45, 7) is 0.444. The Balaban J connectivity index is 1.82. The van der Waals surface area contributed by atoms with Crippen molar-refractivity contribution < 1.29 is 9.90 Å². The number of rotatable bonds is 8. The molecule has 5 N–H and O–H groups in total. The molecule has 21 heavy (non-hydrogen) atoms. The van der Waals surface area contributed by atoms with Crippen LogP contribution >= 0.6 is 0 Å². The monoisotopic (exact) mass is 288 g/mol. The molecular weight excluding hydrogens is 268 g/mol. The minimum atomic E-state index is -0.892. The van der Waals surface area contributed by atoms with E-state index in [-0.39, 0.29) is 6.04 Å². The van der Waals surface area contributed by atoms with Crippen molar-refractivity contribution in [2.45, 2.75) is 24.9 Å². The van der Waals surface area contributed by atoms with E-state index in [1.165, 1.54) is 6.33 Å². The molecule has 1 heterocycles. The standard InChI is InChI=1S/C15H20N4O2/c16-12(6-11-4-2-1-3-5-11)8-18-14(15(20)21)7-13-9-17-10-19-13/h1-5,9-10,12,14,18H,6-8,16H2,(H,17,19)(H,20,21)/t12-,14+/m1/s1. The van der Waals surface area contributed by atoms with Crippen LogP contribution in [0.4, 0.5) is 0 Å². The van der Waals surface area contributed by atoms with Crippen molar-refractivity contribution in [2.24, 2.45) is 5.73 Å². The van der Waals surface area contributed by atoms with E-state index in [1.54, 1.807) is 6.20 Å². The Morgan fingerprint density at radius 2 is 2.10 bits per heavy atom. The van der Waals surface area contributed by atoms with E-state index in [2.05, 4.69) is 15.3 Å². The normalized spacial score (nSPS) is 13.8. The number of hydrogen-bond donors (Lipinski definition) is 4. The molecule has 2 rings (SSSR count). The summed E-state index contributed by atoms with van der Waals surface area (Å²) < 4.78 is 0. The fourth-order valence-corrected chi connectivity index (χ4v) is 2.15. The van der Waals surface area contributed by atoms with Gasteiger partial charge >= 0.3 is 5.97 Å². The molecule has 112 valence electrons. The first-order valence-electron chi connectivity index (χ1n) is 6.88. The smallest absolute Gasteiger partial charge is 0.321 e. The third kappa shape index (κ3) is 5.02. The van der Waals surface area contributed by atoms with Crippen LogP contribution < -0.4 is 11.1 Å². The number of benzene rings is 1. The number of nitrogens with two attached hydrogens (primary N) is 1. The minimum absolute atomic E-state index is 0.129. The Morgan fingerprint density at radius 3 is 2.71 bits per heavy atom. The molecular formula is C15H20N4O2. The molecule has 0 unspecified atom stereocenters. The van der Waals surface area contributed by atoms with E-state index in [4.69, 9.17) is 5.73 Å². The average molecular weight is 288 g/mol. The number of aliphatic carboxylic acids is 1. The summed E-state index contributed by atoms with van der Waals surface area (Å²) in [5.41, 5.74) is 7.98. The van der Waals surface area contributed by atoms with Gasteiger partial charge in [-0.2, -0.15) is 0 Å². The highest BCUT2D eigenvalue weighted by Gasteiger charge is 2.19. The third-order valence-electron chi connectivity index (χ3n) is 3.24. The number of aromatic nitrogens is 2. The van der Waals surface area contributed by atoms with Crippen molar-refractivity contribution >= 4 is 5.97 Å². The van der Waals surface area contributed by atoms with Gasteiger partial charge < -0.3 is 21.1 Å². The largest absolute Gasteiger partial charge is 0.480 e. The van der Waals surface area contributed by atoms with Gasteiger partial charge in [-0.05, 0) is 12.0 Å². The summed E-state index contributed by atoms with van der Waals surface area (Å²) in [6.07, 6.45) is 4.23. The predicted octanol–water partition coefficient (Wildman–Crippen LogP) is 0.565. The van der Waals surface area contributed by atoms with Crippen molar-refractivity contribution in [3.05, 3.63) is 54.1 Å². The van der Waals surface area contributed by atoms with E-state index >= 15 is 0 Å². The van der Waals surface area contributed by atoms with Crippen molar-refractivity contribution in [3.63, 3.8) is 0 Å². The number of imidazole rings is 1. The Hall–Kier alpha value is -2.18. The van der Waals surface area contributed by atoms with Crippen LogP contribution in [0.15, 0.2) is 42.9 Å². The summed E-state index contributed by atoms with van der Waals surface area (Å²) in [7, 11) is 0. The highest BCUT2D eigenvalue weighted by atomic mass is 16.4. The van der Waals surface area contributed by atoms with Gasteiger partial charge in [0.05, 0.1) is 6.33 Å². The highest BCUT2D eigenvalue weighted by molar-refractivity contribution is 5.73. The molecule has 0 aliphatic carbocycles. The molecule has 0 saturated heterocycles. The van der Waals surface area contributed by atoms with Gasteiger partial charge in [0, 0.05) is 30.9 Å². The van der Waals surface area contributed by atoms with Crippen LogP contribution in [0.5, 0.6) is 0 Å². The highest BCUT2D eigenvalue weighted by Crippen LogP contribution is 2.03. The van der Waals surface area contributed by atoms with Crippen LogP contribution in [0.3, 0.4) is 0 Å². The number of H-pyrrole nitrogens is 1. The molecule has 0 aliphatic rings. The van der Waals surface area contributed by atoms with Crippen LogP contribution in [0.25, 0.3) is 0 Å². The van der Waals surface area contributed by atoms with E-state index in [0.29, 0.717) is 19.4 Å². The number of carboxylic acid groups (broad SMARTS) is 1. The molecule has 6 nitrogen and oxygen atoms in total. The lowest BCUT2D eigenvalue weighted by Gasteiger charge is -2.17. The first-order valence-corrected chi connectivity index (χ1v) is 6.88. The molecule has 6 heteroatoms. The molecule has 0 radical (unpaired) electrons. The Bertz CT molecular complexity index is 542. The van der Waals surface area contributed by atoms with E-state index in [9.17, 15) is 9.90 Å². The van der Waals surface area contributed by atoms with Crippen molar-refractivity contribution in [3.8, 4) is 0 Å². The van der Waals surface area contributed by atoms with Crippen LogP contribution in [0.1, 0.15) is 11.3 Å². The Morgan fingerprint density at radius 1 is 1.33 bits per heavy atom. The van der Waals surface area contributed by atoms with Gasteiger partial charge in [-0.15, -0.1) is 0 Å². The van der Waals surface area contributed by atoms with Crippen molar-refractivity contribution in [1.82, 2.24) is 15.3 Å². The maximum absolute atomic E-state index is 11.3. The summed E-state index contributed by atoms with van der Waals surface area (Å²) in [5, 5.41) is 12.2. The maximum atomic E-state index is 11.3. The first kappa shape index (κ1) is 15.2. The van der Waals surface area contributed by atoms with E-state index in [1.807, 2.05) is 30.3 Å². The molecule has 0 aliphatic heterocycles. The Labute approximate surface area is 123 Å². The average Bonchev–Trinajstić information content (AvgIpc) is 2.97. The van der Waals surface area contributed by atoms with Gasteiger partial charge in [0.1, 0.15) is 6.04 Å². The zero-order valence-electron chi connectivity index (χ0n) is 11.7. The molecule has 0 saturated carbocycles. The van der Waals surface area contributed by atoms with Gasteiger partial charge in [-0.25, -0.2) is 4.98 Å². The fourth-order valence-electron chi connectivity index (χ4n) is 2.15. The lowest BCUT2D eigenvalue weighted by Crippen LogP contribution is -2.45.